The van der Waals surface area contributed by atoms with Crippen molar-refractivity contribution in [3.63, 3.8) is 0 Å². The summed E-state index contributed by atoms with van der Waals surface area (Å²) in [4.78, 5) is 42.4. The molecule has 3 fully saturated rings. The zero-order chi connectivity index (χ0) is 25.1. The van der Waals surface area contributed by atoms with Crippen LogP contribution in [0.3, 0.4) is 0 Å². The van der Waals surface area contributed by atoms with E-state index in [1.165, 1.54) is 17.0 Å². The van der Waals surface area contributed by atoms with Gasteiger partial charge in [-0.3, -0.25) is 19.4 Å². The highest BCUT2D eigenvalue weighted by atomic mass is 19.1. The summed E-state index contributed by atoms with van der Waals surface area (Å²) in [6, 6.07) is 11.8. The van der Waals surface area contributed by atoms with Gasteiger partial charge >= 0.3 is 6.03 Å². The molecule has 3 heterocycles. The van der Waals surface area contributed by atoms with Crippen LogP contribution in [0.2, 0.25) is 0 Å². The largest absolute Gasteiger partial charge is 0.351 e. The Morgan fingerprint density at radius 1 is 1.19 bits per heavy atom. The number of ether oxygens (including phenoxy) is 1. The highest BCUT2D eigenvalue weighted by Crippen LogP contribution is 2.50. The number of fused-ring (bicyclic) bond motifs is 2. The van der Waals surface area contributed by atoms with Gasteiger partial charge in [0.25, 0.3) is 0 Å². The maximum Gasteiger partial charge on any atom is 0.318 e. The Labute approximate surface area is 208 Å². The van der Waals surface area contributed by atoms with Crippen molar-refractivity contribution in [1.82, 2.24) is 15.1 Å². The summed E-state index contributed by atoms with van der Waals surface area (Å²) in [7, 11) is 1.55. The van der Waals surface area contributed by atoms with Crippen molar-refractivity contribution in [3.8, 4) is 0 Å². The van der Waals surface area contributed by atoms with Crippen LogP contribution in [0.5, 0.6) is 0 Å². The molecule has 9 heteroatoms. The standard InChI is InChI=1S/C27H29FN4O4/c1-29-25(35)30-20-8-9-21-18(13-20)10-11-26(21)14-23(33)31(24(26)34)15-27(16-36-27)32-12-2-3-22(32)17-4-6-19(28)7-5-17/h4-9,13,22H,2-3,10-12,14-16H2,1H3,(H2,29,30,35)/t22-,26-,27?/m1/s1. The van der Waals surface area contributed by atoms with Crippen molar-refractivity contribution in [2.24, 2.45) is 0 Å². The van der Waals surface area contributed by atoms with Crippen LogP contribution in [-0.4, -0.2) is 60.1 Å². The summed E-state index contributed by atoms with van der Waals surface area (Å²) in [5.74, 6) is -0.605. The molecule has 3 saturated heterocycles. The first kappa shape index (κ1) is 23.1. The van der Waals surface area contributed by atoms with E-state index in [2.05, 4.69) is 15.5 Å². The Morgan fingerprint density at radius 2 is 1.97 bits per heavy atom. The van der Waals surface area contributed by atoms with E-state index in [4.69, 9.17) is 4.74 Å². The number of nitrogens with one attached hydrogen (secondary N) is 2. The third-order valence-corrected chi connectivity index (χ3v) is 8.25. The molecular weight excluding hydrogens is 463 g/mol. The van der Waals surface area contributed by atoms with Gasteiger partial charge in [-0.25, -0.2) is 9.18 Å². The fourth-order valence-electron chi connectivity index (χ4n) is 6.35. The number of amides is 4. The van der Waals surface area contributed by atoms with E-state index in [0.717, 1.165) is 36.1 Å². The maximum absolute atomic E-state index is 13.8. The molecule has 1 spiro atoms. The number of anilines is 1. The number of nitrogens with zero attached hydrogens (tertiary/aromatic N) is 2. The minimum atomic E-state index is -0.852. The number of hydrogen-bond donors (Lipinski definition) is 2. The lowest BCUT2D eigenvalue weighted by molar-refractivity contribution is -0.142. The zero-order valence-electron chi connectivity index (χ0n) is 20.2. The van der Waals surface area contributed by atoms with Gasteiger partial charge in [-0.1, -0.05) is 18.2 Å². The fraction of sp³-hybridized carbons (Fsp3) is 0.444. The van der Waals surface area contributed by atoms with E-state index in [1.54, 1.807) is 25.2 Å². The summed E-state index contributed by atoms with van der Waals surface area (Å²) < 4.78 is 19.4. The molecule has 6 rings (SSSR count). The summed E-state index contributed by atoms with van der Waals surface area (Å²) in [5.41, 5.74) is 2.00. The van der Waals surface area contributed by atoms with Crippen molar-refractivity contribution in [2.45, 2.75) is 49.3 Å². The van der Waals surface area contributed by atoms with Crippen LogP contribution < -0.4 is 10.6 Å². The predicted octanol–water partition coefficient (Wildman–Crippen LogP) is 3.08. The Kier molecular flexibility index (Phi) is 5.38. The molecule has 4 amide bonds. The summed E-state index contributed by atoms with van der Waals surface area (Å²) in [6.45, 7) is 1.46. The maximum atomic E-state index is 13.8. The van der Waals surface area contributed by atoms with Gasteiger partial charge in [-0.05, 0) is 66.6 Å². The van der Waals surface area contributed by atoms with Gasteiger partial charge in [0.05, 0.1) is 18.6 Å². The van der Waals surface area contributed by atoms with E-state index in [1.807, 2.05) is 12.1 Å². The highest BCUT2D eigenvalue weighted by Gasteiger charge is 2.61. The minimum absolute atomic E-state index is 0.0633. The van der Waals surface area contributed by atoms with Crippen LogP contribution in [0.1, 0.15) is 48.4 Å². The van der Waals surface area contributed by atoms with E-state index in [0.29, 0.717) is 25.1 Å². The number of halogens is 1. The number of likely N-dealkylation sites (tertiary alicyclic amines) is 2. The molecule has 188 valence electrons. The molecule has 0 aromatic heterocycles. The zero-order valence-corrected chi connectivity index (χ0v) is 20.2. The number of carbonyl (C=O) groups is 3. The Bertz CT molecular complexity index is 1240. The number of imide groups is 1. The van der Waals surface area contributed by atoms with Gasteiger partial charge in [-0.15, -0.1) is 0 Å². The van der Waals surface area contributed by atoms with E-state index in [9.17, 15) is 18.8 Å². The average molecular weight is 493 g/mol. The lowest BCUT2D eigenvalue weighted by Crippen LogP contribution is -2.49. The fourth-order valence-corrected chi connectivity index (χ4v) is 6.35. The SMILES string of the molecule is CNC(=O)Nc1ccc2c(c1)CC[C@@]21CC(=O)N(CC2(N3CCC[C@@H]3c3ccc(F)cc3)CO2)C1=O. The monoisotopic (exact) mass is 492 g/mol. The third kappa shape index (κ3) is 3.60. The molecule has 36 heavy (non-hydrogen) atoms. The lowest BCUT2D eigenvalue weighted by Gasteiger charge is -2.33. The molecule has 2 aromatic carbocycles. The van der Waals surface area contributed by atoms with Crippen molar-refractivity contribution >= 4 is 23.5 Å². The first-order valence-corrected chi connectivity index (χ1v) is 12.5. The smallest absolute Gasteiger partial charge is 0.318 e. The number of epoxide rings is 1. The van der Waals surface area contributed by atoms with Crippen molar-refractivity contribution in [1.29, 1.82) is 0 Å². The molecular formula is C27H29FN4O4. The first-order chi connectivity index (χ1) is 17.3. The molecule has 0 bridgehead atoms. The summed E-state index contributed by atoms with van der Waals surface area (Å²) in [5, 5.41) is 5.29. The molecule has 2 aromatic rings. The van der Waals surface area contributed by atoms with E-state index in [-0.39, 0.29) is 42.7 Å². The molecule has 0 radical (unpaired) electrons. The second-order valence-corrected chi connectivity index (χ2v) is 10.3. The number of benzene rings is 2. The first-order valence-electron chi connectivity index (χ1n) is 12.5. The molecule has 2 N–H and O–H groups in total. The number of hydrogen-bond acceptors (Lipinski definition) is 5. The number of aryl methyl sites for hydroxylation is 1. The normalized spacial score (nSPS) is 29.2. The van der Waals surface area contributed by atoms with Crippen molar-refractivity contribution in [3.05, 3.63) is 65.0 Å². The number of urea groups is 1. The number of rotatable bonds is 5. The average Bonchev–Trinajstić information content (AvgIpc) is 3.21. The summed E-state index contributed by atoms with van der Waals surface area (Å²) in [6.07, 6.45) is 3.29. The van der Waals surface area contributed by atoms with Crippen LogP contribution in [0.4, 0.5) is 14.9 Å². The van der Waals surface area contributed by atoms with Crippen molar-refractivity contribution < 1.29 is 23.5 Å². The topological polar surface area (TPSA) is 94.3 Å². The Morgan fingerprint density at radius 3 is 2.69 bits per heavy atom. The second-order valence-electron chi connectivity index (χ2n) is 10.3. The van der Waals surface area contributed by atoms with Crippen LogP contribution in [0, 0.1) is 5.82 Å². The molecule has 8 nitrogen and oxygen atoms in total. The van der Waals surface area contributed by atoms with Gasteiger partial charge in [0, 0.05) is 31.7 Å². The molecule has 4 aliphatic rings. The molecule has 1 aliphatic carbocycles. The van der Waals surface area contributed by atoms with Crippen LogP contribution in [0.15, 0.2) is 42.5 Å². The van der Waals surface area contributed by atoms with Crippen molar-refractivity contribution in [2.75, 3.05) is 32.1 Å². The Balaban J connectivity index is 1.23. The van der Waals surface area contributed by atoms with Crippen LogP contribution in [-0.2, 0) is 26.2 Å². The van der Waals surface area contributed by atoms with E-state index < -0.39 is 11.1 Å². The van der Waals surface area contributed by atoms with Gasteiger partial charge in [0.2, 0.25) is 11.8 Å². The molecule has 3 aliphatic heterocycles. The van der Waals surface area contributed by atoms with Gasteiger partial charge in [0.15, 0.2) is 5.72 Å². The van der Waals surface area contributed by atoms with Crippen LogP contribution in [0.25, 0.3) is 0 Å². The van der Waals surface area contributed by atoms with E-state index >= 15 is 0 Å². The quantitative estimate of drug-likeness (QED) is 0.494. The van der Waals surface area contributed by atoms with Crippen LogP contribution >= 0.6 is 0 Å². The Hall–Kier alpha value is -3.30. The second kappa shape index (κ2) is 8.38. The lowest BCUT2D eigenvalue weighted by atomic mass is 9.80. The third-order valence-electron chi connectivity index (χ3n) is 8.25. The molecule has 1 unspecified atom stereocenters. The predicted molar refractivity (Wildman–Crippen MR) is 130 cm³/mol. The molecule has 0 saturated carbocycles. The minimum Gasteiger partial charge on any atom is -0.351 e. The van der Waals surface area contributed by atoms with Gasteiger partial charge < -0.3 is 15.4 Å². The highest BCUT2D eigenvalue weighted by molar-refractivity contribution is 6.09. The summed E-state index contributed by atoms with van der Waals surface area (Å²) >= 11 is 0. The molecule has 3 atom stereocenters. The number of carbonyl (C=O) groups excluding carboxylic acids is 3. The van der Waals surface area contributed by atoms with Gasteiger partial charge in [0.1, 0.15) is 5.82 Å². The van der Waals surface area contributed by atoms with Gasteiger partial charge in [-0.2, -0.15) is 0 Å².